The normalized spacial score (nSPS) is 10.7. The lowest BCUT2D eigenvalue weighted by molar-refractivity contribution is 0.473. The maximum atomic E-state index is 13.8. The first-order valence-corrected chi connectivity index (χ1v) is 6.14. The highest BCUT2D eigenvalue weighted by atomic mass is 79.9. The minimum atomic E-state index is -0.689. The van der Waals surface area contributed by atoms with Gasteiger partial charge in [0.2, 0.25) is 0 Å². The molecule has 1 N–H and O–H groups in total. The standard InChI is InChI=1S/C14H11BrF2O/c1-7-3-10(14(18)11(15)4-7)9-5-8(2)12(16)6-13(9)17/h3-6,18H,1-2H3. The second-order valence-corrected chi connectivity index (χ2v) is 5.08. The van der Waals surface area contributed by atoms with Crippen LogP contribution in [0.4, 0.5) is 8.78 Å². The van der Waals surface area contributed by atoms with E-state index in [4.69, 9.17) is 0 Å². The van der Waals surface area contributed by atoms with Crippen LogP contribution in [-0.2, 0) is 0 Å². The minimum Gasteiger partial charge on any atom is -0.506 e. The highest BCUT2D eigenvalue weighted by Gasteiger charge is 2.15. The quantitative estimate of drug-likeness (QED) is 0.808. The summed E-state index contributed by atoms with van der Waals surface area (Å²) in [6.07, 6.45) is 0. The molecule has 0 saturated carbocycles. The molecule has 0 bridgehead atoms. The molecule has 94 valence electrons. The fraction of sp³-hybridized carbons (Fsp3) is 0.143. The van der Waals surface area contributed by atoms with Gasteiger partial charge in [-0.2, -0.15) is 0 Å². The zero-order valence-corrected chi connectivity index (χ0v) is 11.5. The lowest BCUT2D eigenvalue weighted by atomic mass is 10.00. The van der Waals surface area contributed by atoms with Gasteiger partial charge >= 0.3 is 0 Å². The molecular weight excluding hydrogens is 302 g/mol. The maximum absolute atomic E-state index is 13.8. The molecule has 0 atom stereocenters. The number of halogens is 3. The lowest BCUT2D eigenvalue weighted by Crippen LogP contribution is -1.92. The van der Waals surface area contributed by atoms with Crippen molar-refractivity contribution < 1.29 is 13.9 Å². The molecule has 0 radical (unpaired) electrons. The second kappa shape index (κ2) is 4.69. The monoisotopic (exact) mass is 312 g/mol. The predicted octanol–water partition coefficient (Wildman–Crippen LogP) is 4.72. The Morgan fingerprint density at radius 1 is 0.944 bits per heavy atom. The highest BCUT2D eigenvalue weighted by Crippen LogP contribution is 2.38. The molecule has 4 heteroatoms. The van der Waals surface area contributed by atoms with Crippen molar-refractivity contribution >= 4 is 15.9 Å². The molecule has 0 unspecified atom stereocenters. The molecule has 2 rings (SSSR count). The zero-order valence-electron chi connectivity index (χ0n) is 9.89. The van der Waals surface area contributed by atoms with E-state index in [0.29, 0.717) is 15.6 Å². The van der Waals surface area contributed by atoms with E-state index in [1.807, 2.05) is 6.92 Å². The van der Waals surface area contributed by atoms with Gasteiger partial charge in [0.15, 0.2) is 0 Å². The SMILES string of the molecule is Cc1cc(Br)c(O)c(-c2cc(C)c(F)cc2F)c1. The Morgan fingerprint density at radius 2 is 1.61 bits per heavy atom. The molecule has 0 aliphatic heterocycles. The first-order valence-electron chi connectivity index (χ1n) is 5.35. The van der Waals surface area contributed by atoms with Gasteiger partial charge in [-0.1, -0.05) is 0 Å². The van der Waals surface area contributed by atoms with E-state index in [0.717, 1.165) is 11.6 Å². The van der Waals surface area contributed by atoms with Crippen molar-refractivity contribution in [2.45, 2.75) is 13.8 Å². The van der Waals surface area contributed by atoms with E-state index in [1.54, 1.807) is 19.1 Å². The molecule has 2 aromatic carbocycles. The Kier molecular flexibility index (Phi) is 3.39. The summed E-state index contributed by atoms with van der Waals surface area (Å²) >= 11 is 3.21. The highest BCUT2D eigenvalue weighted by molar-refractivity contribution is 9.10. The third-order valence-electron chi connectivity index (χ3n) is 2.75. The van der Waals surface area contributed by atoms with Crippen LogP contribution >= 0.6 is 15.9 Å². The first-order chi connectivity index (χ1) is 8.40. The Hall–Kier alpha value is -1.42. The number of hydrogen-bond donors (Lipinski definition) is 1. The summed E-state index contributed by atoms with van der Waals surface area (Å²) in [5, 5.41) is 9.95. The third kappa shape index (κ3) is 2.25. The van der Waals surface area contributed by atoms with Crippen LogP contribution in [0, 0.1) is 25.5 Å². The summed E-state index contributed by atoms with van der Waals surface area (Å²) in [5.74, 6) is -1.33. The molecule has 0 saturated heterocycles. The Bertz CT molecular complexity index is 624. The number of phenolic OH excluding ortho intramolecular Hbond substituents is 1. The van der Waals surface area contributed by atoms with Crippen LogP contribution in [-0.4, -0.2) is 5.11 Å². The van der Waals surface area contributed by atoms with Crippen molar-refractivity contribution in [3.63, 3.8) is 0 Å². The summed E-state index contributed by atoms with van der Waals surface area (Å²) < 4.78 is 27.5. The molecule has 0 aliphatic rings. The summed E-state index contributed by atoms with van der Waals surface area (Å²) in [6, 6.07) is 5.62. The van der Waals surface area contributed by atoms with Gasteiger partial charge in [0.05, 0.1) is 4.47 Å². The summed E-state index contributed by atoms with van der Waals surface area (Å²) in [5.41, 5.74) is 1.75. The van der Waals surface area contributed by atoms with Crippen LogP contribution in [0.3, 0.4) is 0 Å². The summed E-state index contributed by atoms with van der Waals surface area (Å²) in [7, 11) is 0. The molecule has 0 fully saturated rings. The number of hydrogen-bond acceptors (Lipinski definition) is 1. The van der Waals surface area contributed by atoms with Crippen molar-refractivity contribution in [2.24, 2.45) is 0 Å². The molecule has 0 aromatic heterocycles. The number of aromatic hydroxyl groups is 1. The van der Waals surface area contributed by atoms with Gasteiger partial charge in [0.1, 0.15) is 17.4 Å². The van der Waals surface area contributed by atoms with Crippen LogP contribution in [0.5, 0.6) is 5.75 Å². The second-order valence-electron chi connectivity index (χ2n) is 4.22. The van der Waals surface area contributed by atoms with Crippen LogP contribution < -0.4 is 0 Å². The van der Waals surface area contributed by atoms with Gasteiger partial charge in [-0.25, -0.2) is 8.78 Å². The Labute approximate surface area is 112 Å². The molecule has 0 aliphatic carbocycles. The topological polar surface area (TPSA) is 20.2 Å². The molecule has 0 heterocycles. The van der Waals surface area contributed by atoms with E-state index < -0.39 is 11.6 Å². The Morgan fingerprint density at radius 3 is 2.28 bits per heavy atom. The van der Waals surface area contributed by atoms with Gasteiger partial charge in [-0.15, -0.1) is 0 Å². The number of benzene rings is 2. The smallest absolute Gasteiger partial charge is 0.137 e. The third-order valence-corrected chi connectivity index (χ3v) is 3.35. The van der Waals surface area contributed by atoms with Gasteiger partial charge < -0.3 is 5.11 Å². The average molecular weight is 313 g/mol. The van der Waals surface area contributed by atoms with Crippen LogP contribution in [0.2, 0.25) is 0 Å². The number of phenols is 1. The molecule has 18 heavy (non-hydrogen) atoms. The van der Waals surface area contributed by atoms with Gasteiger partial charge in [-0.05, 0) is 59.1 Å². The van der Waals surface area contributed by atoms with Gasteiger partial charge in [-0.3, -0.25) is 0 Å². The van der Waals surface area contributed by atoms with E-state index in [9.17, 15) is 13.9 Å². The van der Waals surface area contributed by atoms with Crippen molar-refractivity contribution in [1.29, 1.82) is 0 Å². The van der Waals surface area contributed by atoms with E-state index in [2.05, 4.69) is 15.9 Å². The van der Waals surface area contributed by atoms with Crippen molar-refractivity contribution in [3.05, 3.63) is 51.5 Å². The molecular formula is C14H11BrF2O. The van der Waals surface area contributed by atoms with Gasteiger partial charge in [0, 0.05) is 17.2 Å². The predicted molar refractivity (Wildman–Crippen MR) is 70.6 cm³/mol. The van der Waals surface area contributed by atoms with E-state index >= 15 is 0 Å². The molecule has 0 spiro atoms. The van der Waals surface area contributed by atoms with Gasteiger partial charge in [0.25, 0.3) is 0 Å². The summed E-state index contributed by atoms with van der Waals surface area (Å²) in [6.45, 7) is 3.39. The van der Waals surface area contributed by atoms with Crippen LogP contribution in [0.1, 0.15) is 11.1 Å². The zero-order chi connectivity index (χ0) is 13.4. The lowest BCUT2D eigenvalue weighted by Gasteiger charge is -2.10. The Balaban J connectivity index is 2.73. The number of rotatable bonds is 1. The van der Waals surface area contributed by atoms with E-state index in [-0.39, 0.29) is 11.3 Å². The fourth-order valence-electron chi connectivity index (χ4n) is 1.80. The van der Waals surface area contributed by atoms with Crippen molar-refractivity contribution in [2.75, 3.05) is 0 Å². The minimum absolute atomic E-state index is 0.0505. The van der Waals surface area contributed by atoms with Crippen LogP contribution in [0.25, 0.3) is 11.1 Å². The molecule has 1 nitrogen and oxygen atoms in total. The maximum Gasteiger partial charge on any atom is 0.137 e. The number of aryl methyl sites for hydroxylation is 2. The first kappa shape index (κ1) is 13.0. The van der Waals surface area contributed by atoms with Crippen LogP contribution in [0.15, 0.2) is 28.7 Å². The average Bonchev–Trinajstić information content (AvgIpc) is 2.29. The fourth-order valence-corrected chi connectivity index (χ4v) is 2.38. The van der Waals surface area contributed by atoms with Crippen molar-refractivity contribution in [1.82, 2.24) is 0 Å². The van der Waals surface area contributed by atoms with Crippen molar-refractivity contribution in [3.8, 4) is 16.9 Å². The van der Waals surface area contributed by atoms with E-state index in [1.165, 1.54) is 6.07 Å². The molecule has 0 amide bonds. The largest absolute Gasteiger partial charge is 0.506 e. The summed E-state index contributed by atoms with van der Waals surface area (Å²) in [4.78, 5) is 0. The molecule has 2 aromatic rings.